The summed E-state index contributed by atoms with van der Waals surface area (Å²) in [7, 11) is -7.21. The van der Waals surface area contributed by atoms with Crippen molar-refractivity contribution in [3.8, 4) is 0 Å². The average molecular weight is 230 g/mol. The number of hydrogen-bond acceptors (Lipinski definition) is 3. The van der Waals surface area contributed by atoms with Crippen LogP contribution in [0.3, 0.4) is 0 Å². The van der Waals surface area contributed by atoms with Crippen LogP contribution >= 0.6 is 15.2 Å². The van der Waals surface area contributed by atoms with Gasteiger partial charge in [-0.1, -0.05) is 0 Å². The molecule has 0 amide bonds. The molecule has 77 valence electrons. The predicted octanol–water partition coefficient (Wildman–Crippen LogP) is -1.19. The van der Waals surface area contributed by atoms with Gasteiger partial charge >= 0.3 is 15.2 Å². The minimum atomic E-state index is -4.79. The second kappa shape index (κ2) is 4.71. The minimum absolute atomic E-state index is 0. The van der Waals surface area contributed by atoms with E-state index in [9.17, 15) is 9.13 Å². The van der Waals surface area contributed by atoms with Gasteiger partial charge in [-0.2, -0.15) is 0 Å². The standard InChI is InChI=1S/C3H11NO6P2.B/c1-4(2)3(11(5,6)7)12(8,9)10;/h3H,1-2H3,(H2,5,6,7)(H2,8,9,10);. The highest BCUT2D eigenvalue weighted by molar-refractivity contribution is 7.70. The van der Waals surface area contributed by atoms with Gasteiger partial charge in [0.05, 0.1) is 0 Å². The predicted molar refractivity (Wildman–Crippen MR) is 47.3 cm³/mol. The molecule has 0 aliphatic rings. The summed E-state index contributed by atoms with van der Waals surface area (Å²) in [4.78, 5) is 35.0. The molecule has 0 aliphatic heterocycles. The molecule has 3 radical (unpaired) electrons. The van der Waals surface area contributed by atoms with E-state index >= 15 is 0 Å². The van der Waals surface area contributed by atoms with Crippen LogP contribution in [-0.4, -0.2) is 52.5 Å². The van der Waals surface area contributed by atoms with Crippen molar-refractivity contribution in [2.24, 2.45) is 0 Å². The van der Waals surface area contributed by atoms with E-state index in [0.717, 1.165) is 4.90 Å². The molecule has 10 heteroatoms. The molecule has 0 aliphatic carbocycles. The summed E-state index contributed by atoms with van der Waals surface area (Å²) < 4.78 is 21.2. The molecular weight excluding hydrogens is 219 g/mol. The Morgan fingerprint density at radius 2 is 1.23 bits per heavy atom. The van der Waals surface area contributed by atoms with E-state index < -0.39 is 20.7 Å². The molecule has 13 heavy (non-hydrogen) atoms. The van der Waals surface area contributed by atoms with E-state index in [0.29, 0.717) is 0 Å². The van der Waals surface area contributed by atoms with Crippen LogP contribution in [0, 0.1) is 0 Å². The van der Waals surface area contributed by atoms with Crippen LogP contribution in [-0.2, 0) is 9.13 Å². The fourth-order valence-electron chi connectivity index (χ4n) is 0.798. The Bertz CT molecular complexity index is 222. The first-order chi connectivity index (χ1) is 5.07. The van der Waals surface area contributed by atoms with Crippen molar-refractivity contribution < 1.29 is 28.7 Å². The Morgan fingerprint density at radius 3 is 1.23 bits per heavy atom. The molecule has 0 aromatic rings. The van der Waals surface area contributed by atoms with Gasteiger partial charge in [-0.05, 0) is 14.1 Å². The van der Waals surface area contributed by atoms with Gasteiger partial charge < -0.3 is 19.6 Å². The minimum Gasteiger partial charge on any atom is -0.323 e. The molecule has 7 nitrogen and oxygen atoms in total. The van der Waals surface area contributed by atoms with Crippen LogP contribution in [0.4, 0.5) is 0 Å². The molecule has 0 rings (SSSR count). The van der Waals surface area contributed by atoms with Gasteiger partial charge in [0.25, 0.3) is 0 Å². The molecule has 0 aromatic carbocycles. The maximum atomic E-state index is 10.6. The zero-order chi connectivity index (χ0) is 10.2. The topological polar surface area (TPSA) is 118 Å². The summed E-state index contributed by atoms with van der Waals surface area (Å²) in [6, 6.07) is 0. The normalized spacial score (nSPS) is 13.2. The summed E-state index contributed by atoms with van der Waals surface area (Å²) in [6.45, 7) is 0. The second-order valence-corrected chi connectivity index (χ2v) is 6.23. The molecule has 0 bridgehead atoms. The van der Waals surface area contributed by atoms with Crippen molar-refractivity contribution in [2.75, 3.05) is 14.1 Å². The summed E-state index contributed by atoms with van der Waals surface area (Å²) in [6.07, 6.45) is 0. The molecule has 0 saturated carbocycles. The maximum absolute atomic E-state index is 10.6. The van der Waals surface area contributed by atoms with E-state index in [1.165, 1.54) is 14.1 Å². The van der Waals surface area contributed by atoms with Gasteiger partial charge in [0.2, 0.25) is 5.52 Å². The Hall–Kier alpha value is 0.325. The lowest BCUT2D eigenvalue weighted by Crippen LogP contribution is -2.27. The molecule has 0 fully saturated rings. The molecule has 0 saturated heterocycles. The van der Waals surface area contributed by atoms with Gasteiger partial charge in [0, 0.05) is 8.41 Å². The smallest absolute Gasteiger partial charge is 0.323 e. The van der Waals surface area contributed by atoms with Crippen molar-refractivity contribution in [1.29, 1.82) is 0 Å². The van der Waals surface area contributed by atoms with Gasteiger partial charge in [0.15, 0.2) is 0 Å². The van der Waals surface area contributed by atoms with Crippen LogP contribution in [0.5, 0.6) is 0 Å². The van der Waals surface area contributed by atoms with Crippen LogP contribution in [0.25, 0.3) is 0 Å². The maximum Gasteiger partial charge on any atom is 0.354 e. The summed E-state index contributed by atoms with van der Waals surface area (Å²) in [5, 5.41) is 0. The quantitative estimate of drug-likeness (QED) is 0.355. The first kappa shape index (κ1) is 15.8. The van der Waals surface area contributed by atoms with Crippen molar-refractivity contribution >= 4 is 23.6 Å². The Labute approximate surface area is 77.7 Å². The average Bonchev–Trinajstić information content (AvgIpc) is 1.49. The molecule has 4 N–H and O–H groups in total. The fourth-order valence-corrected chi connectivity index (χ4v) is 3.57. The highest BCUT2D eigenvalue weighted by atomic mass is 31.2. The third kappa shape index (κ3) is 4.93. The number of hydrogen-bond donors (Lipinski definition) is 4. The van der Waals surface area contributed by atoms with Crippen LogP contribution in [0.2, 0.25) is 0 Å². The lowest BCUT2D eigenvalue weighted by molar-refractivity contribution is 0.280. The highest BCUT2D eigenvalue weighted by Gasteiger charge is 2.44. The highest BCUT2D eigenvalue weighted by Crippen LogP contribution is 2.60. The van der Waals surface area contributed by atoms with E-state index in [-0.39, 0.29) is 8.41 Å². The van der Waals surface area contributed by atoms with E-state index in [4.69, 9.17) is 19.6 Å². The summed E-state index contributed by atoms with van der Waals surface area (Å²) >= 11 is 0. The molecule has 0 atom stereocenters. The van der Waals surface area contributed by atoms with Gasteiger partial charge in [-0.3, -0.25) is 14.0 Å². The zero-order valence-electron chi connectivity index (χ0n) is 7.10. The van der Waals surface area contributed by atoms with E-state index in [2.05, 4.69) is 0 Å². The Kier molecular flexibility index (Phi) is 5.71. The van der Waals surface area contributed by atoms with E-state index in [1.54, 1.807) is 0 Å². The van der Waals surface area contributed by atoms with Crippen molar-refractivity contribution in [2.45, 2.75) is 5.52 Å². The number of rotatable bonds is 3. The molecule has 0 spiro atoms. The van der Waals surface area contributed by atoms with Crippen molar-refractivity contribution in [3.63, 3.8) is 0 Å². The van der Waals surface area contributed by atoms with Gasteiger partial charge in [0.1, 0.15) is 0 Å². The molecular formula is C3H11BNO6P2. The van der Waals surface area contributed by atoms with Crippen LogP contribution < -0.4 is 0 Å². The van der Waals surface area contributed by atoms with E-state index in [1.807, 2.05) is 0 Å². The third-order valence-electron chi connectivity index (χ3n) is 1.06. The molecule has 0 heterocycles. The van der Waals surface area contributed by atoms with Crippen LogP contribution in [0.1, 0.15) is 0 Å². The largest absolute Gasteiger partial charge is 0.354 e. The van der Waals surface area contributed by atoms with Gasteiger partial charge in [-0.15, -0.1) is 0 Å². The first-order valence-corrected chi connectivity index (χ1v) is 6.20. The molecule has 0 aromatic heterocycles. The summed E-state index contributed by atoms with van der Waals surface area (Å²) in [5.74, 6) is 0. The van der Waals surface area contributed by atoms with Crippen molar-refractivity contribution in [3.05, 3.63) is 0 Å². The van der Waals surface area contributed by atoms with Crippen molar-refractivity contribution in [1.82, 2.24) is 4.90 Å². The molecule has 0 unspecified atom stereocenters. The zero-order valence-corrected chi connectivity index (χ0v) is 8.89. The number of nitrogens with zero attached hydrogens (tertiary/aromatic N) is 1. The van der Waals surface area contributed by atoms with Crippen LogP contribution in [0.15, 0.2) is 0 Å². The lowest BCUT2D eigenvalue weighted by atomic mass is 10.8. The SMILES string of the molecule is CN(C)C(P(=O)(O)O)P(=O)(O)O.[B]. The monoisotopic (exact) mass is 230 g/mol. The summed E-state index contributed by atoms with van der Waals surface area (Å²) in [5.41, 5.74) is -2.05. The first-order valence-electron chi connectivity index (χ1n) is 2.83. The lowest BCUT2D eigenvalue weighted by Gasteiger charge is -2.25. The third-order valence-corrected chi connectivity index (χ3v) is 5.00. The Balaban J connectivity index is 0. The Morgan fingerprint density at radius 1 is 1.00 bits per heavy atom. The fraction of sp³-hybridized carbons (Fsp3) is 1.00. The second-order valence-electron chi connectivity index (χ2n) is 2.49. The van der Waals surface area contributed by atoms with Gasteiger partial charge in [-0.25, -0.2) is 0 Å².